The van der Waals surface area contributed by atoms with Gasteiger partial charge in [-0.2, -0.15) is 5.10 Å². The molecule has 7 heteroatoms. The second-order valence-corrected chi connectivity index (χ2v) is 5.62. The number of hydrogen-bond acceptors (Lipinski definition) is 5. The molecule has 0 amide bonds. The van der Waals surface area contributed by atoms with Crippen LogP contribution in [-0.2, 0) is 6.54 Å². The Kier molecular flexibility index (Phi) is 4.13. The number of aromatic nitrogens is 4. The number of nitrogens with zero attached hydrogens (tertiary/aromatic N) is 5. The Hall–Kier alpha value is -2.31. The lowest BCUT2D eigenvalue weighted by molar-refractivity contribution is 0.332. The zero-order valence-corrected chi connectivity index (χ0v) is 12.4. The Balaban J connectivity index is 1.64. The molecule has 0 atom stereocenters. The molecule has 1 fully saturated rings. The molecule has 0 saturated carbocycles. The SMILES string of the molecule is Cc1ccc(=O)n(CC2CCN(c3ncncc3F)CC2)n1. The molecule has 1 aliphatic heterocycles. The molecule has 0 spiro atoms. The number of halogens is 1. The smallest absolute Gasteiger partial charge is 0.266 e. The van der Waals surface area contributed by atoms with E-state index < -0.39 is 5.82 Å². The van der Waals surface area contributed by atoms with E-state index in [4.69, 9.17) is 0 Å². The second kappa shape index (κ2) is 6.21. The lowest BCUT2D eigenvalue weighted by Gasteiger charge is -2.32. The molecule has 1 aliphatic rings. The Morgan fingerprint density at radius 1 is 1.32 bits per heavy atom. The monoisotopic (exact) mass is 303 g/mol. The maximum Gasteiger partial charge on any atom is 0.266 e. The third-order valence-electron chi connectivity index (χ3n) is 3.99. The Morgan fingerprint density at radius 2 is 2.09 bits per heavy atom. The van der Waals surface area contributed by atoms with E-state index >= 15 is 0 Å². The summed E-state index contributed by atoms with van der Waals surface area (Å²) in [4.78, 5) is 21.4. The maximum atomic E-state index is 13.7. The van der Waals surface area contributed by atoms with E-state index in [1.54, 1.807) is 12.1 Å². The van der Waals surface area contributed by atoms with Crippen molar-refractivity contribution < 1.29 is 4.39 Å². The predicted octanol–water partition coefficient (Wildman–Crippen LogP) is 1.40. The summed E-state index contributed by atoms with van der Waals surface area (Å²) in [5.74, 6) is 0.338. The highest BCUT2D eigenvalue weighted by Crippen LogP contribution is 2.23. The first-order chi connectivity index (χ1) is 10.6. The van der Waals surface area contributed by atoms with E-state index in [2.05, 4.69) is 15.1 Å². The minimum atomic E-state index is -0.391. The van der Waals surface area contributed by atoms with Gasteiger partial charge in [-0.25, -0.2) is 19.0 Å². The van der Waals surface area contributed by atoms with Gasteiger partial charge < -0.3 is 4.90 Å². The quantitative estimate of drug-likeness (QED) is 0.857. The van der Waals surface area contributed by atoms with Crippen molar-refractivity contribution in [3.05, 3.63) is 46.5 Å². The molecule has 0 aliphatic carbocycles. The van der Waals surface area contributed by atoms with Crippen LogP contribution in [0.4, 0.5) is 10.2 Å². The van der Waals surface area contributed by atoms with Crippen molar-refractivity contribution in [3.63, 3.8) is 0 Å². The van der Waals surface area contributed by atoms with Crippen molar-refractivity contribution in [3.8, 4) is 0 Å². The normalized spacial score (nSPS) is 16.0. The highest BCUT2D eigenvalue weighted by atomic mass is 19.1. The van der Waals surface area contributed by atoms with Crippen LogP contribution in [0.25, 0.3) is 0 Å². The van der Waals surface area contributed by atoms with E-state index in [1.165, 1.54) is 17.2 Å². The van der Waals surface area contributed by atoms with Crippen molar-refractivity contribution in [1.29, 1.82) is 0 Å². The number of anilines is 1. The lowest BCUT2D eigenvalue weighted by atomic mass is 9.97. The average Bonchev–Trinajstić information content (AvgIpc) is 2.52. The van der Waals surface area contributed by atoms with Crippen LogP contribution in [0.3, 0.4) is 0 Å². The van der Waals surface area contributed by atoms with Crippen molar-refractivity contribution in [2.45, 2.75) is 26.3 Å². The molecule has 3 heterocycles. The van der Waals surface area contributed by atoms with Gasteiger partial charge in [0.25, 0.3) is 5.56 Å². The van der Waals surface area contributed by atoms with Gasteiger partial charge in [0.2, 0.25) is 0 Å². The van der Waals surface area contributed by atoms with Crippen molar-refractivity contribution in [2.75, 3.05) is 18.0 Å². The molecule has 0 aromatic carbocycles. The van der Waals surface area contributed by atoms with Gasteiger partial charge in [-0.05, 0) is 31.7 Å². The maximum absolute atomic E-state index is 13.7. The zero-order valence-electron chi connectivity index (χ0n) is 12.4. The molecule has 1 saturated heterocycles. The van der Waals surface area contributed by atoms with Crippen LogP contribution in [-0.4, -0.2) is 32.8 Å². The third-order valence-corrected chi connectivity index (χ3v) is 3.99. The largest absolute Gasteiger partial charge is 0.354 e. The summed E-state index contributed by atoms with van der Waals surface area (Å²) >= 11 is 0. The van der Waals surface area contributed by atoms with Gasteiger partial charge in [-0.15, -0.1) is 0 Å². The molecule has 0 radical (unpaired) electrons. The number of piperidine rings is 1. The van der Waals surface area contributed by atoms with Crippen LogP contribution in [0.1, 0.15) is 18.5 Å². The molecule has 0 unspecified atom stereocenters. The van der Waals surface area contributed by atoms with Crippen LogP contribution in [0.15, 0.2) is 29.5 Å². The van der Waals surface area contributed by atoms with Gasteiger partial charge in [0.15, 0.2) is 11.6 Å². The Morgan fingerprint density at radius 3 is 2.82 bits per heavy atom. The molecule has 22 heavy (non-hydrogen) atoms. The van der Waals surface area contributed by atoms with Gasteiger partial charge in [-0.1, -0.05) is 0 Å². The fraction of sp³-hybridized carbons (Fsp3) is 0.467. The molecule has 2 aromatic rings. The molecular formula is C15H18FN5O. The Labute approximate surface area is 127 Å². The predicted molar refractivity (Wildman–Crippen MR) is 80.2 cm³/mol. The van der Waals surface area contributed by atoms with E-state index in [0.29, 0.717) is 18.3 Å². The van der Waals surface area contributed by atoms with Gasteiger partial charge in [-0.3, -0.25) is 4.79 Å². The molecular weight excluding hydrogens is 285 g/mol. The number of aryl methyl sites for hydroxylation is 1. The molecule has 0 bridgehead atoms. The molecule has 2 aromatic heterocycles. The van der Waals surface area contributed by atoms with E-state index in [-0.39, 0.29) is 5.56 Å². The fourth-order valence-electron chi connectivity index (χ4n) is 2.79. The minimum absolute atomic E-state index is 0.0742. The van der Waals surface area contributed by atoms with E-state index in [0.717, 1.165) is 31.6 Å². The summed E-state index contributed by atoms with van der Waals surface area (Å²) in [5.41, 5.74) is 0.759. The summed E-state index contributed by atoms with van der Waals surface area (Å²) < 4.78 is 15.2. The summed E-state index contributed by atoms with van der Waals surface area (Å²) in [7, 11) is 0. The van der Waals surface area contributed by atoms with Gasteiger partial charge in [0.1, 0.15) is 6.33 Å². The van der Waals surface area contributed by atoms with Crippen LogP contribution in [0.2, 0.25) is 0 Å². The first-order valence-electron chi connectivity index (χ1n) is 7.38. The summed E-state index contributed by atoms with van der Waals surface area (Å²) in [6.07, 6.45) is 4.31. The second-order valence-electron chi connectivity index (χ2n) is 5.62. The van der Waals surface area contributed by atoms with Crippen LogP contribution in [0.5, 0.6) is 0 Å². The summed E-state index contributed by atoms with van der Waals surface area (Å²) in [5, 5.41) is 4.27. The number of hydrogen-bond donors (Lipinski definition) is 0. The van der Waals surface area contributed by atoms with Gasteiger partial charge >= 0.3 is 0 Å². The molecule has 3 rings (SSSR count). The lowest BCUT2D eigenvalue weighted by Crippen LogP contribution is -2.37. The zero-order chi connectivity index (χ0) is 15.5. The first kappa shape index (κ1) is 14.6. The first-order valence-corrected chi connectivity index (χ1v) is 7.38. The van der Waals surface area contributed by atoms with E-state index in [9.17, 15) is 9.18 Å². The average molecular weight is 303 g/mol. The standard InChI is InChI=1S/C15H18FN5O/c1-11-2-3-14(22)21(19-11)9-12-4-6-20(7-5-12)15-13(16)8-17-10-18-15/h2-3,8,10,12H,4-7,9H2,1H3. The summed E-state index contributed by atoms with van der Waals surface area (Å²) in [6, 6.07) is 3.27. The van der Waals surface area contributed by atoms with Crippen molar-refractivity contribution >= 4 is 5.82 Å². The van der Waals surface area contributed by atoms with Crippen LogP contribution >= 0.6 is 0 Å². The highest BCUT2D eigenvalue weighted by Gasteiger charge is 2.23. The topological polar surface area (TPSA) is 63.9 Å². The Bertz CT molecular complexity index is 709. The van der Waals surface area contributed by atoms with Crippen molar-refractivity contribution in [2.24, 2.45) is 5.92 Å². The van der Waals surface area contributed by atoms with Gasteiger partial charge in [0, 0.05) is 25.7 Å². The third kappa shape index (κ3) is 3.13. The highest BCUT2D eigenvalue weighted by molar-refractivity contribution is 5.38. The fourth-order valence-corrected chi connectivity index (χ4v) is 2.79. The molecule has 116 valence electrons. The van der Waals surface area contributed by atoms with Crippen molar-refractivity contribution in [1.82, 2.24) is 19.7 Å². The van der Waals surface area contributed by atoms with Gasteiger partial charge in [0.05, 0.1) is 11.9 Å². The van der Waals surface area contributed by atoms with Crippen LogP contribution < -0.4 is 10.5 Å². The summed E-state index contributed by atoms with van der Waals surface area (Å²) in [6.45, 7) is 3.93. The molecule has 6 nitrogen and oxygen atoms in total. The number of rotatable bonds is 3. The van der Waals surface area contributed by atoms with Crippen LogP contribution in [0, 0.1) is 18.7 Å². The van der Waals surface area contributed by atoms with E-state index in [1.807, 2.05) is 11.8 Å². The minimum Gasteiger partial charge on any atom is -0.354 e. The molecule has 0 N–H and O–H groups in total.